The average Bonchev–Trinajstić information content (AvgIpc) is 2.09. The van der Waals surface area contributed by atoms with E-state index >= 15 is 0 Å². The third-order valence-corrected chi connectivity index (χ3v) is 2.41. The quantitative estimate of drug-likeness (QED) is 0.682. The largest absolute Gasteiger partial charge is 0.506 e. The second kappa shape index (κ2) is 3.05. The van der Waals surface area contributed by atoms with Crippen molar-refractivity contribution in [1.82, 2.24) is 4.98 Å². The molecule has 1 aromatic heterocycles. The van der Waals surface area contributed by atoms with Crippen LogP contribution in [0.25, 0.3) is 10.9 Å². The molecule has 0 saturated heterocycles. The van der Waals surface area contributed by atoms with Gasteiger partial charge in [-0.15, -0.1) is 0 Å². The number of hydrogen-bond donors (Lipinski definition) is 1. The van der Waals surface area contributed by atoms with Crippen molar-refractivity contribution in [2.45, 2.75) is 0 Å². The predicted molar refractivity (Wildman–Crippen MR) is 53.4 cm³/mol. The molecule has 0 radical (unpaired) electrons. The van der Waals surface area contributed by atoms with Crippen LogP contribution in [0.1, 0.15) is 0 Å². The van der Waals surface area contributed by atoms with Gasteiger partial charge in [0.25, 0.3) is 0 Å². The second-order valence-electron chi connectivity index (χ2n) is 2.61. The number of phenolic OH excluding ortho intramolecular Hbond substituents is 1. The van der Waals surface area contributed by atoms with Gasteiger partial charge >= 0.3 is 0 Å². The first-order valence-electron chi connectivity index (χ1n) is 3.62. The second-order valence-corrected chi connectivity index (χ2v) is 3.38. The molecule has 0 fully saturated rings. The number of aromatic hydroxyl groups is 1. The first-order valence-corrected chi connectivity index (χ1v) is 4.38. The zero-order valence-electron chi connectivity index (χ0n) is 6.46. The van der Waals surface area contributed by atoms with Crippen LogP contribution in [-0.4, -0.2) is 10.1 Å². The molecule has 0 spiro atoms. The summed E-state index contributed by atoms with van der Waals surface area (Å²) in [6.07, 6.45) is 0. The Kier molecular flexibility index (Phi) is 2.02. The topological polar surface area (TPSA) is 33.1 Å². The van der Waals surface area contributed by atoms with Crippen LogP contribution in [0.15, 0.2) is 24.3 Å². The maximum Gasteiger partial charge on any atom is 0.148 e. The van der Waals surface area contributed by atoms with E-state index in [1.807, 2.05) is 6.07 Å². The molecule has 4 heteroatoms. The fraction of sp³-hybridized carbons (Fsp3) is 0. The van der Waals surface area contributed by atoms with Gasteiger partial charge in [-0.05, 0) is 12.1 Å². The smallest absolute Gasteiger partial charge is 0.148 e. The molecule has 13 heavy (non-hydrogen) atoms. The number of nitrogens with zero attached hydrogens (tertiary/aromatic N) is 1. The minimum Gasteiger partial charge on any atom is -0.506 e. The lowest BCUT2D eigenvalue weighted by atomic mass is 10.2. The summed E-state index contributed by atoms with van der Waals surface area (Å²) in [6, 6.07) is 6.76. The van der Waals surface area contributed by atoms with E-state index in [4.69, 9.17) is 23.2 Å². The van der Waals surface area contributed by atoms with Crippen molar-refractivity contribution in [2.24, 2.45) is 0 Å². The minimum absolute atomic E-state index is 0.107. The highest BCUT2D eigenvalue weighted by Gasteiger charge is 2.05. The lowest BCUT2D eigenvalue weighted by molar-refractivity contribution is 0.480. The molecule has 0 bridgehead atoms. The number of para-hydroxylation sites is 1. The Balaban J connectivity index is 2.89. The van der Waals surface area contributed by atoms with Gasteiger partial charge in [-0.25, -0.2) is 4.98 Å². The molecule has 2 aromatic rings. The van der Waals surface area contributed by atoms with E-state index in [1.54, 1.807) is 18.2 Å². The number of hydrogen-bond acceptors (Lipinski definition) is 2. The van der Waals surface area contributed by atoms with E-state index < -0.39 is 0 Å². The highest BCUT2D eigenvalue weighted by atomic mass is 35.5. The van der Waals surface area contributed by atoms with Gasteiger partial charge in [0.2, 0.25) is 0 Å². The normalized spacial score (nSPS) is 10.6. The molecule has 2 nitrogen and oxygen atoms in total. The van der Waals surface area contributed by atoms with Gasteiger partial charge in [-0.2, -0.15) is 0 Å². The molecule has 0 amide bonds. The highest BCUT2D eigenvalue weighted by Crippen LogP contribution is 2.28. The number of halogens is 2. The van der Waals surface area contributed by atoms with E-state index in [1.165, 1.54) is 0 Å². The summed E-state index contributed by atoms with van der Waals surface area (Å²) in [7, 11) is 0. The van der Waals surface area contributed by atoms with E-state index in [-0.39, 0.29) is 10.9 Å². The van der Waals surface area contributed by atoms with Crippen molar-refractivity contribution in [3.63, 3.8) is 0 Å². The van der Waals surface area contributed by atoms with Crippen LogP contribution in [0.4, 0.5) is 0 Å². The fourth-order valence-corrected chi connectivity index (χ4v) is 1.43. The van der Waals surface area contributed by atoms with E-state index in [9.17, 15) is 5.11 Å². The summed E-state index contributed by atoms with van der Waals surface area (Å²) in [5, 5.41) is 10.8. The molecule has 0 saturated carbocycles. The zero-order valence-corrected chi connectivity index (χ0v) is 7.97. The molecule has 1 aromatic carbocycles. The molecule has 0 aliphatic carbocycles. The van der Waals surface area contributed by atoms with Gasteiger partial charge in [-0.3, -0.25) is 0 Å². The SMILES string of the molecule is Oc1cccc2cc(Cl)c(Cl)nc12. The number of pyridine rings is 1. The Morgan fingerprint density at radius 3 is 2.77 bits per heavy atom. The summed E-state index contributed by atoms with van der Waals surface area (Å²) >= 11 is 11.5. The van der Waals surface area contributed by atoms with Crippen LogP contribution in [0.5, 0.6) is 5.75 Å². The van der Waals surface area contributed by atoms with Gasteiger partial charge in [-0.1, -0.05) is 35.3 Å². The Morgan fingerprint density at radius 1 is 1.23 bits per heavy atom. The number of fused-ring (bicyclic) bond motifs is 1. The predicted octanol–water partition coefficient (Wildman–Crippen LogP) is 3.25. The van der Waals surface area contributed by atoms with Crippen molar-refractivity contribution in [3.05, 3.63) is 34.4 Å². The summed E-state index contributed by atoms with van der Waals surface area (Å²) in [6.45, 7) is 0. The van der Waals surface area contributed by atoms with Gasteiger partial charge in [0.1, 0.15) is 16.4 Å². The van der Waals surface area contributed by atoms with Crippen LogP contribution in [0, 0.1) is 0 Å². The van der Waals surface area contributed by atoms with Gasteiger partial charge in [0, 0.05) is 5.39 Å². The van der Waals surface area contributed by atoms with Gasteiger partial charge in [0.05, 0.1) is 5.02 Å². The molecular formula is C9H5Cl2NO. The molecular weight excluding hydrogens is 209 g/mol. The van der Waals surface area contributed by atoms with Crippen molar-refractivity contribution in [1.29, 1.82) is 0 Å². The molecule has 66 valence electrons. The van der Waals surface area contributed by atoms with Gasteiger partial charge < -0.3 is 5.11 Å². The molecule has 0 unspecified atom stereocenters. The summed E-state index contributed by atoms with van der Waals surface area (Å²) in [4.78, 5) is 3.96. The lowest BCUT2D eigenvalue weighted by Gasteiger charge is -2.01. The van der Waals surface area contributed by atoms with Crippen molar-refractivity contribution < 1.29 is 5.11 Å². The molecule has 1 heterocycles. The standard InChI is InChI=1S/C9H5Cl2NO/c10-6-4-5-2-1-3-7(13)8(5)12-9(6)11/h1-4,13H. The summed E-state index contributed by atoms with van der Waals surface area (Å²) < 4.78 is 0. The van der Waals surface area contributed by atoms with Gasteiger partial charge in [0.15, 0.2) is 0 Å². The maximum atomic E-state index is 9.42. The van der Waals surface area contributed by atoms with Crippen LogP contribution >= 0.6 is 23.2 Å². The molecule has 1 N–H and O–H groups in total. The van der Waals surface area contributed by atoms with Crippen molar-refractivity contribution in [3.8, 4) is 5.75 Å². The van der Waals surface area contributed by atoms with E-state index in [2.05, 4.69) is 4.98 Å². The molecule has 0 atom stereocenters. The molecule has 0 aliphatic heterocycles. The van der Waals surface area contributed by atoms with Crippen LogP contribution in [0.2, 0.25) is 10.2 Å². The Labute approximate surface area is 84.7 Å². The highest BCUT2D eigenvalue weighted by molar-refractivity contribution is 6.41. The summed E-state index contributed by atoms with van der Waals surface area (Å²) in [5.74, 6) is 0.107. The van der Waals surface area contributed by atoms with E-state index in [0.29, 0.717) is 10.5 Å². The molecule has 0 aliphatic rings. The number of rotatable bonds is 0. The van der Waals surface area contributed by atoms with Crippen LogP contribution in [-0.2, 0) is 0 Å². The average molecular weight is 214 g/mol. The number of phenols is 1. The lowest BCUT2D eigenvalue weighted by Crippen LogP contribution is -1.81. The fourth-order valence-electron chi connectivity index (χ4n) is 1.13. The van der Waals surface area contributed by atoms with Crippen molar-refractivity contribution in [2.75, 3.05) is 0 Å². The first-order chi connectivity index (χ1) is 6.18. The summed E-state index contributed by atoms with van der Waals surface area (Å²) in [5.41, 5.74) is 0.469. The third kappa shape index (κ3) is 1.43. The maximum absolute atomic E-state index is 9.42. The van der Waals surface area contributed by atoms with E-state index in [0.717, 1.165) is 5.39 Å². The monoisotopic (exact) mass is 213 g/mol. The zero-order chi connectivity index (χ0) is 9.42. The van der Waals surface area contributed by atoms with Crippen LogP contribution < -0.4 is 0 Å². The molecule has 2 rings (SSSR count). The van der Waals surface area contributed by atoms with Crippen molar-refractivity contribution >= 4 is 34.1 Å². The first kappa shape index (κ1) is 8.60. The third-order valence-electron chi connectivity index (χ3n) is 1.74. The minimum atomic E-state index is 0.107. The Bertz CT molecular complexity index is 470. The Hall–Kier alpha value is -0.990. The number of benzene rings is 1. The Morgan fingerprint density at radius 2 is 2.00 bits per heavy atom. The van der Waals surface area contributed by atoms with Crippen LogP contribution in [0.3, 0.4) is 0 Å². The number of aromatic nitrogens is 1.